The van der Waals surface area contributed by atoms with E-state index in [0.717, 1.165) is 16.7 Å². The van der Waals surface area contributed by atoms with Crippen molar-refractivity contribution < 1.29 is 4.79 Å². The molecule has 0 aliphatic heterocycles. The van der Waals surface area contributed by atoms with Gasteiger partial charge in [-0.05, 0) is 32.9 Å². The van der Waals surface area contributed by atoms with Gasteiger partial charge in [0.25, 0.3) is 0 Å². The maximum absolute atomic E-state index is 13.3. The number of imidazole rings is 1. The average Bonchev–Trinajstić information content (AvgIpc) is 2.96. The van der Waals surface area contributed by atoms with Crippen molar-refractivity contribution in [1.29, 1.82) is 0 Å². The van der Waals surface area contributed by atoms with Gasteiger partial charge in [0.05, 0.1) is 12.5 Å². The molecule has 0 aliphatic carbocycles. The third kappa shape index (κ3) is 4.02. The SMILES string of the molecule is CC(C)(C)c1cc(C(C)(C)C)c(C(=O)c2cnc[nH]2)c(C(C)(C)C)c1. The molecule has 0 spiro atoms. The van der Waals surface area contributed by atoms with Crippen LogP contribution in [0.5, 0.6) is 0 Å². The predicted molar refractivity (Wildman–Crippen MR) is 105 cm³/mol. The van der Waals surface area contributed by atoms with Crippen LogP contribution in [0.15, 0.2) is 24.7 Å². The van der Waals surface area contributed by atoms with Crippen molar-refractivity contribution >= 4 is 5.78 Å². The minimum Gasteiger partial charge on any atom is -0.342 e. The monoisotopic (exact) mass is 340 g/mol. The highest BCUT2D eigenvalue weighted by atomic mass is 16.1. The number of rotatable bonds is 2. The number of H-pyrrole nitrogens is 1. The van der Waals surface area contributed by atoms with Gasteiger partial charge in [-0.25, -0.2) is 4.98 Å². The molecular formula is C22H32N2O. The minimum atomic E-state index is -0.133. The molecule has 0 unspecified atom stereocenters. The zero-order valence-electron chi connectivity index (χ0n) is 17.2. The van der Waals surface area contributed by atoms with Gasteiger partial charge in [0, 0.05) is 5.56 Å². The van der Waals surface area contributed by atoms with E-state index < -0.39 is 0 Å². The first-order chi connectivity index (χ1) is 11.2. The Kier molecular flexibility index (Phi) is 4.75. The van der Waals surface area contributed by atoms with E-state index in [1.807, 2.05) is 0 Å². The van der Waals surface area contributed by atoms with Crippen LogP contribution in [0.4, 0.5) is 0 Å². The van der Waals surface area contributed by atoms with Crippen molar-refractivity contribution in [2.24, 2.45) is 0 Å². The van der Waals surface area contributed by atoms with E-state index in [0.29, 0.717) is 5.69 Å². The second-order valence-corrected chi connectivity index (χ2v) is 9.99. The maximum Gasteiger partial charge on any atom is 0.211 e. The number of ketones is 1. The van der Waals surface area contributed by atoms with Crippen LogP contribution in [0.25, 0.3) is 0 Å². The Morgan fingerprint density at radius 3 is 1.64 bits per heavy atom. The van der Waals surface area contributed by atoms with E-state index in [9.17, 15) is 4.79 Å². The van der Waals surface area contributed by atoms with Gasteiger partial charge in [-0.3, -0.25) is 4.79 Å². The van der Waals surface area contributed by atoms with Crippen LogP contribution in [-0.2, 0) is 16.2 Å². The Morgan fingerprint density at radius 1 is 0.840 bits per heavy atom. The predicted octanol–water partition coefficient (Wildman–Crippen LogP) is 5.53. The Bertz CT molecular complexity index is 729. The van der Waals surface area contributed by atoms with Gasteiger partial charge in [0.15, 0.2) is 0 Å². The Hall–Kier alpha value is -1.90. The first-order valence-electron chi connectivity index (χ1n) is 8.95. The molecule has 3 heteroatoms. The molecule has 2 rings (SSSR count). The summed E-state index contributed by atoms with van der Waals surface area (Å²) in [6.07, 6.45) is 3.17. The summed E-state index contributed by atoms with van der Waals surface area (Å²) in [6, 6.07) is 4.44. The largest absolute Gasteiger partial charge is 0.342 e. The third-order valence-electron chi connectivity index (χ3n) is 4.59. The van der Waals surface area contributed by atoms with Crippen molar-refractivity contribution in [3.63, 3.8) is 0 Å². The lowest BCUT2D eigenvalue weighted by Gasteiger charge is -2.33. The Balaban J connectivity index is 2.90. The van der Waals surface area contributed by atoms with Crippen molar-refractivity contribution in [1.82, 2.24) is 9.97 Å². The molecule has 0 amide bonds. The molecule has 0 saturated carbocycles. The van der Waals surface area contributed by atoms with Crippen LogP contribution in [0.2, 0.25) is 0 Å². The summed E-state index contributed by atoms with van der Waals surface area (Å²) < 4.78 is 0. The van der Waals surface area contributed by atoms with E-state index >= 15 is 0 Å². The number of hydrogen-bond donors (Lipinski definition) is 1. The number of carbonyl (C=O) groups excluding carboxylic acids is 1. The van der Waals surface area contributed by atoms with Crippen LogP contribution in [0.1, 0.15) is 95.1 Å². The summed E-state index contributed by atoms with van der Waals surface area (Å²) in [6.45, 7) is 19.7. The van der Waals surface area contributed by atoms with Gasteiger partial charge >= 0.3 is 0 Å². The van der Waals surface area contributed by atoms with Gasteiger partial charge < -0.3 is 4.98 Å². The normalized spacial score (nSPS) is 13.2. The smallest absolute Gasteiger partial charge is 0.211 e. The molecule has 0 radical (unpaired) electrons. The molecule has 0 bridgehead atoms. The summed E-state index contributed by atoms with van der Waals surface area (Å²) in [4.78, 5) is 20.3. The van der Waals surface area contributed by atoms with Crippen molar-refractivity contribution in [3.05, 3.63) is 52.6 Å². The second-order valence-electron chi connectivity index (χ2n) is 9.99. The fraction of sp³-hybridized carbons (Fsp3) is 0.545. The van der Waals surface area contributed by atoms with E-state index in [1.54, 1.807) is 12.5 Å². The van der Waals surface area contributed by atoms with Gasteiger partial charge in [0.2, 0.25) is 5.78 Å². The van der Waals surface area contributed by atoms with Crippen LogP contribution in [-0.4, -0.2) is 15.8 Å². The number of hydrogen-bond acceptors (Lipinski definition) is 2. The fourth-order valence-electron chi connectivity index (χ4n) is 3.02. The molecule has 136 valence electrons. The van der Waals surface area contributed by atoms with Crippen molar-refractivity contribution in [3.8, 4) is 0 Å². The first kappa shape index (κ1) is 19.4. The maximum atomic E-state index is 13.3. The molecule has 0 saturated heterocycles. The highest BCUT2D eigenvalue weighted by Gasteiger charge is 2.32. The quantitative estimate of drug-likeness (QED) is 0.730. The summed E-state index contributed by atoms with van der Waals surface area (Å²) >= 11 is 0. The number of nitrogens with one attached hydrogen (secondary N) is 1. The zero-order chi connectivity index (χ0) is 19.2. The lowest BCUT2D eigenvalue weighted by molar-refractivity contribution is 0.103. The van der Waals surface area contributed by atoms with Crippen LogP contribution < -0.4 is 0 Å². The molecular weight excluding hydrogens is 308 g/mol. The summed E-state index contributed by atoms with van der Waals surface area (Å²) in [7, 11) is 0. The first-order valence-corrected chi connectivity index (χ1v) is 8.95. The molecule has 1 heterocycles. The summed E-state index contributed by atoms with van der Waals surface area (Å²) in [5.74, 6) is 0.0211. The topological polar surface area (TPSA) is 45.8 Å². The number of aromatic amines is 1. The molecule has 0 fully saturated rings. The van der Waals surface area contributed by atoms with Gasteiger partial charge in [-0.1, -0.05) is 74.4 Å². The number of aromatic nitrogens is 2. The molecule has 0 aliphatic rings. The highest BCUT2D eigenvalue weighted by molar-refractivity contribution is 6.10. The summed E-state index contributed by atoms with van der Waals surface area (Å²) in [5.41, 5.74) is 4.59. The van der Waals surface area contributed by atoms with Gasteiger partial charge in [-0.2, -0.15) is 0 Å². The number of nitrogens with zero attached hydrogens (tertiary/aromatic N) is 1. The van der Waals surface area contributed by atoms with E-state index in [2.05, 4.69) is 84.4 Å². The minimum absolute atomic E-state index is 0.0211. The molecule has 3 nitrogen and oxygen atoms in total. The fourth-order valence-corrected chi connectivity index (χ4v) is 3.02. The second kappa shape index (κ2) is 6.12. The number of carbonyl (C=O) groups is 1. The van der Waals surface area contributed by atoms with Gasteiger partial charge in [0.1, 0.15) is 5.69 Å². The van der Waals surface area contributed by atoms with Crippen LogP contribution >= 0.6 is 0 Å². The van der Waals surface area contributed by atoms with E-state index in [1.165, 1.54) is 5.56 Å². The summed E-state index contributed by atoms with van der Waals surface area (Å²) in [5, 5.41) is 0. The third-order valence-corrected chi connectivity index (χ3v) is 4.59. The van der Waals surface area contributed by atoms with Gasteiger partial charge in [-0.15, -0.1) is 0 Å². The van der Waals surface area contributed by atoms with Crippen molar-refractivity contribution in [2.75, 3.05) is 0 Å². The number of benzene rings is 1. The molecule has 1 aromatic carbocycles. The highest BCUT2D eigenvalue weighted by Crippen LogP contribution is 2.39. The average molecular weight is 341 g/mol. The molecule has 25 heavy (non-hydrogen) atoms. The Morgan fingerprint density at radius 2 is 1.32 bits per heavy atom. The standard InChI is InChI=1S/C22H32N2O/c1-20(2,3)14-10-15(21(4,5)6)18(16(11-14)22(7,8)9)19(25)17-12-23-13-24-17/h10-13H,1-9H3,(H,23,24). The lowest BCUT2D eigenvalue weighted by Crippen LogP contribution is -2.26. The zero-order valence-corrected chi connectivity index (χ0v) is 17.2. The molecule has 0 atom stereocenters. The molecule has 1 aromatic heterocycles. The lowest BCUT2D eigenvalue weighted by atomic mass is 9.71. The van der Waals surface area contributed by atoms with Crippen LogP contribution in [0, 0.1) is 0 Å². The molecule has 1 N–H and O–H groups in total. The van der Waals surface area contributed by atoms with E-state index in [4.69, 9.17) is 0 Å². The molecule has 2 aromatic rings. The van der Waals surface area contributed by atoms with Crippen molar-refractivity contribution in [2.45, 2.75) is 78.6 Å². The van der Waals surface area contributed by atoms with E-state index in [-0.39, 0.29) is 22.0 Å². The van der Waals surface area contributed by atoms with Crippen LogP contribution in [0.3, 0.4) is 0 Å². The Labute approximate surface area is 152 Å².